The number of phenols is 1. The molecule has 2 aromatic carbocycles. The number of carbonyl (C=O) groups is 2. The molecule has 1 aliphatic rings. The minimum Gasteiger partial charge on any atom is -0.507 e. The first-order valence-corrected chi connectivity index (χ1v) is 8.61. The maximum absolute atomic E-state index is 13.9. The summed E-state index contributed by atoms with van der Waals surface area (Å²) >= 11 is 12.5. The van der Waals surface area contributed by atoms with E-state index in [-0.39, 0.29) is 27.8 Å². The molecule has 128 valence electrons. The van der Waals surface area contributed by atoms with Crippen LogP contribution in [0.25, 0.3) is 6.08 Å². The van der Waals surface area contributed by atoms with Gasteiger partial charge in [-0.1, -0.05) is 29.3 Å². The summed E-state index contributed by atoms with van der Waals surface area (Å²) in [4.78, 5) is 25.6. The number of carbonyl (C=O) groups excluding carboxylic acids is 2. The quantitative estimate of drug-likeness (QED) is 0.734. The number of amides is 2. The highest BCUT2D eigenvalue weighted by atomic mass is 35.5. The van der Waals surface area contributed by atoms with Crippen LogP contribution in [-0.2, 0) is 11.3 Å². The number of imide groups is 1. The summed E-state index contributed by atoms with van der Waals surface area (Å²) in [5.74, 6) is -1.26. The molecule has 1 saturated heterocycles. The Hall–Kier alpha value is -2.02. The molecule has 4 nitrogen and oxygen atoms in total. The molecule has 0 aliphatic carbocycles. The van der Waals surface area contributed by atoms with E-state index in [0.29, 0.717) is 22.3 Å². The van der Waals surface area contributed by atoms with Gasteiger partial charge in [-0.2, -0.15) is 0 Å². The Morgan fingerprint density at radius 2 is 1.96 bits per heavy atom. The lowest BCUT2D eigenvalue weighted by Gasteiger charge is -2.14. The number of phenolic OH excluding ortho intramolecular Hbond substituents is 1. The molecule has 0 aromatic heterocycles. The van der Waals surface area contributed by atoms with Crippen LogP contribution in [0.1, 0.15) is 11.1 Å². The number of thioether (sulfide) groups is 1. The van der Waals surface area contributed by atoms with E-state index >= 15 is 0 Å². The first kappa shape index (κ1) is 17.8. The van der Waals surface area contributed by atoms with Gasteiger partial charge in [0.2, 0.25) is 0 Å². The molecule has 1 aliphatic heterocycles. The smallest absolute Gasteiger partial charge is 0.293 e. The average molecular weight is 398 g/mol. The lowest BCUT2D eigenvalue weighted by Crippen LogP contribution is -2.28. The molecule has 2 aromatic rings. The first-order chi connectivity index (χ1) is 11.9. The third-order valence-electron chi connectivity index (χ3n) is 3.53. The Morgan fingerprint density at radius 1 is 1.20 bits per heavy atom. The van der Waals surface area contributed by atoms with Gasteiger partial charge in [-0.05, 0) is 48.2 Å². The number of aromatic hydroxyl groups is 1. The van der Waals surface area contributed by atoms with Gasteiger partial charge in [0.1, 0.15) is 11.6 Å². The summed E-state index contributed by atoms with van der Waals surface area (Å²) in [6.07, 6.45) is 1.37. The van der Waals surface area contributed by atoms with Crippen LogP contribution in [0.5, 0.6) is 5.75 Å². The van der Waals surface area contributed by atoms with Crippen LogP contribution in [-0.4, -0.2) is 21.2 Å². The van der Waals surface area contributed by atoms with Crippen LogP contribution in [0.3, 0.4) is 0 Å². The molecule has 0 bridgehead atoms. The number of hydrogen-bond donors (Lipinski definition) is 1. The molecule has 1 N–H and O–H groups in total. The van der Waals surface area contributed by atoms with Crippen molar-refractivity contribution in [2.75, 3.05) is 0 Å². The summed E-state index contributed by atoms with van der Waals surface area (Å²) in [5, 5.41) is 9.80. The third-order valence-corrected chi connectivity index (χ3v) is 5.02. The third kappa shape index (κ3) is 3.66. The second-order valence-corrected chi connectivity index (χ2v) is 7.01. The molecule has 0 saturated carbocycles. The lowest BCUT2D eigenvalue weighted by atomic mass is 10.1. The van der Waals surface area contributed by atoms with Gasteiger partial charge in [0.15, 0.2) is 0 Å². The molecule has 0 radical (unpaired) electrons. The van der Waals surface area contributed by atoms with E-state index in [0.717, 1.165) is 4.90 Å². The molecular weight excluding hydrogens is 388 g/mol. The van der Waals surface area contributed by atoms with Gasteiger partial charge in [0.05, 0.1) is 11.4 Å². The van der Waals surface area contributed by atoms with Gasteiger partial charge in [0.25, 0.3) is 11.1 Å². The van der Waals surface area contributed by atoms with Crippen LogP contribution in [0.4, 0.5) is 9.18 Å². The number of hydrogen-bond acceptors (Lipinski definition) is 4. The SMILES string of the molecule is O=C1S/C(=C\c2cc(Cl)ccc2O)C(=O)N1Cc1c(F)cccc1Cl. The van der Waals surface area contributed by atoms with Crippen molar-refractivity contribution in [3.05, 3.63) is 68.3 Å². The van der Waals surface area contributed by atoms with E-state index in [2.05, 4.69) is 0 Å². The van der Waals surface area contributed by atoms with E-state index < -0.39 is 17.0 Å². The van der Waals surface area contributed by atoms with E-state index in [1.54, 1.807) is 0 Å². The Bertz CT molecular complexity index is 897. The predicted molar refractivity (Wildman–Crippen MR) is 96.0 cm³/mol. The summed E-state index contributed by atoms with van der Waals surface area (Å²) in [6.45, 7) is -0.269. The summed E-state index contributed by atoms with van der Waals surface area (Å²) < 4.78 is 13.9. The molecule has 0 unspecified atom stereocenters. The molecule has 25 heavy (non-hydrogen) atoms. The van der Waals surface area contributed by atoms with Crippen molar-refractivity contribution >= 4 is 52.2 Å². The minimum absolute atomic E-state index is 0.0679. The van der Waals surface area contributed by atoms with Crippen LogP contribution in [0.15, 0.2) is 41.3 Å². The lowest BCUT2D eigenvalue weighted by molar-refractivity contribution is -0.123. The molecular formula is C17H10Cl2FNO3S. The fourth-order valence-corrected chi connectivity index (χ4v) is 3.49. The largest absolute Gasteiger partial charge is 0.507 e. The highest BCUT2D eigenvalue weighted by Crippen LogP contribution is 2.36. The zero-order valence-electron chi connectivity index (χ0n) is 12.5. The summed E-state index contributed by atoms with van der Waals surface area (Å²) in [5.41, 5.74) is 0.375. The molecule has 2 amide bonds. The van der Waals surface area contributed by atoms with Crippen LogP contribution in [0.2, 0.25) is 10.0 Å². The van der Waals surface area contributed by atoms with Gasteiger partial charge in [0, 0.05) is 21.2 Å². The maximum atomic E-state index is 13.9. The highest BCUT2D eigenvalue weighted by molar-refractivity contribution is 8.18. The van der Waals surface area contributed by atoms with Crippen molar-refractivity contribution in [3.63, 3.8) is 0 Å². The van der Waals surface area contributed by atoms with E-state index in [9.17, 15) is 19.1 Å². The predicted octanol–water partition coefficient (Wildman–Crippen LogP) is 5.07. The van der Waals surface area contributed by atoms with E-state index in [4.69, 9.17) is 23.2 Å². The molecule has 1 heterocycles. The van der Waals surface area contributed by atoms with Crippen LogP contribution < -0.4 is 0 Å². The van der Waals surface area contributed by atoms with Gasteiger partial charge in [-0.3, -0.25) is 14.5 Å². The highest BCUT2D eigenvalue weighted by Gasteiger charge is 2.36. The Kier molecular flexibility index (Phi) is 5.03. The van der Waals surface area contributed by atoms with Crippen molar-refractivity contribution in [1.82, 2.24) is 4.90 Å². The molecule has 3 rings (SSSR count). The van der Waals surface area contributed by atoms with Crippen molar-refractivity contribution < 1.29 is 19.1 Å². The topological polar surface area (TPSA) is 57.6 Å². The number of nitrogens with zero attached hydrogens (tertiary/aromatic N) is 1. The Labute approximate surface area is 156 Å². The van der Waals surface area contributed by atoms with Crippen molar-refractivity contribution in [2.45, 2.75) is 6.54 Å². The molecule has 0 spiro atoms. The number of halogens is 3. The second kappa shape index (κ2) is 7.07. The van der Waals surface area contributed by atoms with Crippen LogP contribution in [0, 0.1) is 5.82 Å². The summed E-state index contributed by atoms with van der Waals surface area (Å²) in [6, 6.07) is 8.49. The molecule has 8 heteroatoms. The van der Waals surface area contributed by atoms with Crippen LogP contribution >= 0.6 is 35.0 Å². The zero-order valence-corrected chi connectivity index (χ0v) is 14.8. The zero-order chi connectivity index (χ0) is 18.1. The fourth-order valence-electron chi connectivity index (χ4n) is 2.26. The Morgan fingerprint density at radius 3 is 2.68 bits per heavy atom. The van der Waals surface area contributed by atoms with E-state index in [1.165, 1.54) is 42.5 Å². The normalized spacial score (nSPS) is 16.1. The number of benzene rings is 2. The maximum Gasteiger partial charge on any atom is 0.293 e. The van der Waals surface area contributed by atoms with Crippen molar-refractivity contribution in [3.8, 4) is 5.75 Å². The van der Waals surface area contributed by atoms with Gasteiger partial charge < -0.3 is 5.11 Å². The van der Waals surface area contributed by atoms with Crippen molar-refractivity contribution in [1.29, 1.82) is 0 Å². The monoisotopic (exact) mass is 397 g/mol. The molecule has 1 fully saturated rings. The average Bonchev–Trinajstić information content (AvgIpc) is 2.81. The van der Waals surface area contributed by atoms with E-state index in [1.807, 2.05) is 0 Å². The molecule has 0 atom stereocenters. The number of rotatable bonds is 3. The summed E-state index contributed by atoms with van der Waals surface area (Å²) in [7, 11) is 0. The van der Waals surface area contributed by atoms with Gasteiger partial charge in [-0.15, -0.1) is 0 Å². The van der Waals surface area contributed by atoms with Crippen molar-refractivity contribution in [2.24, 2.45) is 0 Å². The standard InChI is InChI=1S/C17H10Cl2FNO3S/c18-10-4-5-14(22)9(6-10)7-15-16(23)21(17(24)25-15)8-11-12(19)2-1-3-13(11)20/h1-7,22H,8H2/b15-7-. The van der Waals surface area contributed by atoms with Gasteiger partial charge >= 0.3 is 0 Å². The Balaban J connectivity index is 1.90. The first-order valence-electron chi connectivity index (χ1n) is 7.03. The fraction of sp³-hybridized carbons (Fsp3) is 0.0588. The minimum atomic E-state index is -0.594. The second-order valence-electron chi connectivity index (χ2n) is 5.17. The van der Waals surface area contributed by atoms with Gasteiger partial charge in [-0.25, -0.2) is 4.39 Å².